The van der Waals surface area contributed by atoms with Gasteiger partial charge in [-0.25, -0.2) is 0 Å². The van der Waals surface area contributed by atoms with Crippen molar-refractivity contribution in [3.63, 3.8) is 0 Å². The lowest BCUT2D eigenvalue weighted by Gasteiger charge is -2.14. The third-order valence-electron chi connectivity index (χ3n) is 1.83. The fourth-order valence-corrected chi connectivity index (χ4v) is 1.07. The van der Waals surface area contributed by atoms with E-state index in [1.165, 1.54) is 0 Å². The Balaban J connectivity index is 3.35. The summed E-state index contributed by atoms with van der Waals surface area (Å²) in [6.45, 7) is 5.17. The molecule has 0 spiro atoms. The highest BCUT2D eigenvalue weighted by Crippen LogP contribution is 1.95. The number of hydrogen-bond donors (Lipinski definition) is 2. The van der Waals surface area contributed by atoms with Crippen molar-refractivity contribution in [2.45, 2.75) is 39.2 Å². The van der Waals surface area contributed by atoms with E-state index in [4.69, 9.17) is 5.11 Å². The van der Waals surface area contributed by atoms with Gasteiger partial charge in [-0.1, -0.05) is 6.92 Å². The molecular formula is C10H19NO. The van der Waals surface area contributed by atoms with Gasteiger partial charge < -0.3 is 10.4 Å². The van der Waals surface area contributed by atoms with Crippen molar-refractivity contribution < 1.29 is 5.11 Å². The van der Waals surface area contributed by atoms with Gasteiger partial charge in [-0.3, -0.25) is 0 Å². The van der Waals surface area contributed by atoms with Crippen molar-refractivity contribution in [3.8, 4) is 11.8 Å². The van der Waals surface area contributed by atoms with Crippen LogP contribution in [0.4, 0.5) is 0 Å². The molecular weight excluding hydrogens is 150 g/mol. The van der Waals surface area contributed by atoms with Crippen LogP contribution in [0.1, 0.15) is 33.1 Å². The molecule has 0 radical (unpaired) electrons. The van der Waals surface area contributed by atoms with Gasteiger partial charge >= 0.3 is 0 Å². The average molecular weight is 169 g/mol. The van der Waals surface area contributed by atoms with Crippen LogP contribution >= 0.6 is 0 Å². The molecule has 0 amide bonds. The average Bonchev–Trinajstić information content (AvgIpc) is 2.10. The molecule has 70 valence electrons. The van der Waals surface area contributed by atoms with Crippen molar-refractivity contribution in [1.82, 2.24) is 5.32 Å². The minimum Gasteiger partial charge on any atom is -0.396 e. The Morgan fingerprint density at radius 2 is 2.25 bits per heavy atom. The molecule has 0 aromatic heterocycles. The minimum absolute atomic E-state index is 0.269. The summed E-state index contributed by atoms with van der Waals surface area (Å²) in [5.74, 6) is 5.85. The summed E-state index contributed by atoms with van der Waals surface area (Å²) in [4.78, 5) is 0. The largest absolute Gasteiger partial charge is 0.396 e. The Morgan fingerprint density at radius 1 is 1.50 bits per heavy atom. The monoisotopic (exact) mass is 169 g/mol. The van der Waals surface area contributed by atoms with Crippen LogP contribution in [-0.4, -0.2) is 24.3 Å². The Labute approximate surface area is 75.4 Å². The lowest BCUT2D eigenvalue weighted by atomic mass is 10.1. The van der Waals surface area contributed by atoms with Gasteiger partial charge in [-0.2, -0.15) is 0 Å². The minimum atomic E-state index is 0.269. The molecule has 0 heterocycles. The summed E-state index contributed by atoms with van der Waals surface area (Å²) in [5, 5.41) is 12.0. The Morgan fingerprint density at radius 3 is 2.75 bits per heavy atom. The molecule has 0 aromatic rings. The highest BCUT2D eigenvalue weighted by atomic mass is 16.3. The maximum atomic E-state index is 8.70. The second-order valence-electron chi connectivity index (χ2n) is 2.75. The normalized spacial score (nSPS) is 11.9. The zero-order valence-electron chi connectivity index (χ0n) is 8.06. The van der Waals surface area contributed by atoms with Gasteiger partial charge in [0.05, 0.1) is 0 Å². The molecule has 0 aromatic carbocycles. The maximum Gasteiger partial charge on any atom is 0.0445 e. The molecule has 0 fully saturated rings. The zero-order valence-corrected chi connectivity index (χ0v) is 8.06. The summed E-state index contributed by atoms with van der Waals surface area (Å²) in [7, 11) is 0. The van der Waals surface area contributed by atoms with Crippen molar-refractivity contribution in [2.24, 2.45) is 0 Å². The Kier molecular flexibility index (Phi) is 8.20. The van der Waals surface area contributed by atoms with Crippen LogP contribution in [0.25, 0.3) is 0 Å². The zero-order chi connectivity index (χ0) is 9.23. The molecule has 0 saturated carbocycles. The number of nitrogens with one attached hydrogen (secondary N) is 1. The number of hydrogen-bond acceptors (Lipinski definition) is 2. The Bertz CT molecular complexity index is 146. The topological polar surface area (TPSA) is 32.3 Å². The van der Waals surface area contributed by atoms with E-state index in [-0.39, 0.29) is 6.61 Å². The molecule has 2 heteroatoms. The first-order chi connectivity index (χ1) is 5.85. The summed E-state index contributed by atoms with van der Waals surface area (Å²) in [6, 6.07) is 0.452. The van der Waals surface area contributed by atoms with Crippen molar-refractivity contribution in [2.75, 3.05) is 13.2 Å². The van der Waals surface area contributed by atoms with E-state index in [1.807, 2.05) is 6.92 Å². The lowest BCUT2D eigenvalue weighted by Crippen LogP contribution is -2.29. The van der Waals surface area contributed by atoms with Crippen LogP contribution in [-0.2, 0) is 0 Å². The SMILES string of the molecule is CC#CCCNC(CC)CCO. The third kappa shape index (κ3) is 6.21. The van der Waals surface area contributed by atoms with Crippen LogP contribution < -0.4 is 5.32 Å². The van der Waals surface area contributed by atoms with Gasteiger partial charge in [-0.05, 0) is 19.8 Å². The molecule has 0 aliphatic rings. The third-order valence-corrected chi connectivity index (χ3v) is 1.83. The van der Waals surface area contributed by atoms with Gasteiger partial charge in [0.1, 0.15) is 0 Å². The quantitative estimate of drug-likeness (QED) is 0.462. The summed E-state index contributed by atoms with van der Waals surface area (Å²) < 4.78 is 0. The fraction of sp³-hybridized carbons (Fsp3) is 0.800. The molecule has 2 N–H and O–H groups in total. The van der Waals surface area contributed by atoms with Gasteiger partial charge in [0.25, 0.3) is 0 Å². The van der Waals surface area contributed by atoms with E-state index in [2.05, 4.69) is 24.1 Å². The molecule has 0 rings (SSSR count). The molecule has 0 bridgehead atoms. The molecule has 1 unspecified atom stereocenters. The van der Waals surface area contributed by atoms with E-state index < -0.39 is 0 Å². The van der Waals surface area contributed by atoms with Crippen LogP contribution in [0.2, 0.25) is 0 Å². The van der Waals surface area contributed by atoms with Gasteiger partial charge in [0.2, 0.25) is 0 Å². The highest BCUT2D eigenvalue weighted by Gasteiger charge is 2.02. The number of aliphatic hydroxyl groups is 1. The summed E-state index contributed by atoms with van der Waals surface area (Å²) in [5.41, 5.74) is 0. The van der Waals surface area contributed by atoms with Crippen molar-refractivity contribution >= 4 is 0 Å². The van der Waals surface area contributed by atoms with Crippen LogP contribution in [0.3, 0.4) is 0 Å². The van der Waals surface area contributed by atoms with Gasteiger partial charge in [0, 0.05) is 25.6 Å². The van der Waals surface area contributed by atoms with E-state index in [0.717, 1.165) is 25.8 Å². The predicted molar refractivity (Wildman–Crippen MR) is 51.9 cm³/mol. The molecule has 0 aliphatic carbocycles. The second kappa shape index (κ2) is 8.58. The first kappa shape index (κ1) is 11.5. The predicted octanol–water partition coefficient (Wildman–Crippen LogP) is 1.15. The summed E-state index contributed by atoms with van der Waals surface area (Å²) >= 11 is 0. The van der Waals surface area contributed by atoms with Crippen LogP contribution in [0, 0.1) is 11.8 Å². The van der Waals surface area contributed by atoms with Gasteiger partial charge in [-0.15, -0.1) is 11.8 Å². The van der Waals surface area contributed by atoms with Crippen LogP contribution in [0.5, 0.6) is 0 Å². The molecule has 0 aliphatic heterocycles. The molecule has 1 atom stereocenters. The van der Waals surface area contributed by atoms with E-state index in [1.54, 1.807) is 0 Å². The highest BCUT2D eigenvalue weighted by molar-refractivity contribution is 4.95. The second-order valence-corrected chi connectivity index (χ2v) is 2.75. The van der Waals surface area contributed by atoms with Crippen LogP contribution in [0.15, 0.2) is 0 Å². The van der Waals surface area contributed by atoms with E-state index in [9.17, 15) is 0 Å². The lowest BCUT2D eigenvalue weighted by molar-refractivity contribution is 0.263. The number of aliphatic hydroxyl groups excluding tert-OH is 1. The van der Waals surface area contributed by atoms with E-state index >= 15 is 0 Å². The fourth-order valence-electron chi connectivity index (χ4n) is 1.07. The molecule has 12 heavy (non-hydrogen) atoms. The molecule has 2 nitrogen and oxygen atoms in total. The standard InChI is InChI=1S/C10H19NO/c1-3-5-6-8-11-10(4-2)7-9-12/h10-12H,4,6-9H2,1-2H3. The smallest absolute Gasteiger partial charge is 0.0445 e. The maximum absolute atomic E-state index is 8.70. The van der Waals surface area contributed by atoms with Gasteiger partial charge in [0.15, 0.2) is 0 Å². The summed E-state index contributed by atoms with van der Waals surface area (Å²) in [6.07, 6.45) is 2.81. The van der Waals surface area contributed by atoms with Crippen molar-refractivity contribution in [1.29, 1.82) is 0 Å². The molecule has 0 saturated heterocycles. The van der Waals surface area contributed by atoms with E-state index in [0.29, 0.717) is 6.04 Å². The first-order valence-electron chi connectivity index (χ1n) is 4.59. The van der Waals surface area contributed by atoms with Crippen molar-refractivity contribution in [3.05, 3.63) is 0 Å². The first-order valence-corrected chi connectivity index (χ1v) is 4.59. The number of rotatable bonds is 6. The Hall–Kier alpha value is -0.520.